The van der Waals surface area contributed by atoms with Gasteiger partial charge in [-0.1, -0.05) is 17.7 Å². The highest BCUT2D eigenvalue weighted by molar-refractivity contribution is 7.91. The van der Waals surface area contributed by atoms with Crippen molar-refractivity contribution >= 4 is 32.3 Å². The first-order chi connectivity index (χ1) is 10.8. The topological polar surface area (TPSA) is 67.0 Å². The number of H-pyrrole nitrogens is 1. The van der Waals surface area contributed by atoms with Crippen LogP contribution in [0.4, 0.5) is 8.78 Å². The molecular weight excluding hydrogens is 348 g/mol. The maximum absolute atomic E-state index is 13.7. The largest absolute Gasteiger partial charge is 0.357 e. The molecule has 0 amide bonds. The minimum atomic E-state index is -4.28. The van der Waals surface area contributed by atoms with E-state index in [1.165, 1.54) is 6.07 Å². The first kappa shape index (κ1) is 15.6. The molecule has 8 heteroatoms. The predicted molar refractivity (Wildman–Crippen MR) is 81.4 cm³/mol. The van der Waals surface area contributed by atoms with Crippen molar-refractivity contribution in [3.05, 3.63) is 69.5 Å². The zero-order valence-corrected chi connectivity index (χ0v) is 12.9. The second-order valence-electron chi connectivity index (χ2n) is 4.72. The number of halogens is 3. The molecule has 0 fully saturated rings. The van der Waals surface area contributed by atoms with E-state index in [1.54, 1.807) is 0 Å². The number of fused-ring (bicyclic) bond motifs is 1. The molecule has 0 bridgehead atoms. The highest BCUT2D eigenvalue weighted by Crippen LogP contribution is 2.25. The van der Waals surface area contributed by atoms with Crippen molar-refractivity contribution in [2.24, 2.45) is 0 Å². The molecule has 0 aliphatic rings. The minimum Gasteiger partial charge on any atom is -0.357 e. The van der Waals surface area contributed by atoms with Crippen molar-refractivity contribution in [2.45, 2.75) is 9.79 Å². The fraction of sp³-hybridized carbons (Fsp3) is 0. The van der Waals surface area contributed by atoms with Crippen molar-refractivity contribution in [1.82, 2.24) is 4.98 Å². The van der Waals surface area contributed by atoms with Crippen LogP contribution in [0.25, 0.3) is 10.9 Å². The van der Waals surface area contributed by atoms with Gasteiger partial charge in [0.1, 0.15) is 16.5 Å². The van der Waals surface area contributed by atoms with Crippen LogP contribution in [0.5, 0.6) is 0 Å². The minimum absolute atomic E-state index is 0.0843. The summed E-state index contributed by atoms with van der Waals surface area (Å²) in [5.41, 5.74) is -1.15. The Hall–Kier alpha value is -2.25. The number of benzene rings is 2. The van der Waals surface area contributed by atoms with E-state index in [2.05, 4.69) is 4.98 Å². The SMILES string of the molecule is O=c1c(S(=O)(=O)c2cccc(F)c2)c[nH]c2c(F)ccc(Cl)c12. The Morgan fingerprint density at radius 2 is 1.83 bits per heavy atom. The molecule has 0 atom stereocenters. The molecule has 3 rings (SSSR count). The van der Waals surface area contributed by atoms with E-state index in [4.69, 9.17) is 11.6 Å². The molecule has 2 aromatic carbocycles. The molecule has 0 unspecified atom stereocenters. The van der Waals surface area contributed by atoms with Gasteiger partial charge in [0, 0.05) is 6.20 Å². The Bertz CT molecular complexity index is 1090. The zero-order chi connectivity index (χ0) is 16.8. The number of nitrogens with one attached hydrogen (secondary N) is 1. The van der Waals surface area contributed by atoms with Crippen LogP contribution in [0, 0.1) is 11.6 Å². The highest BCUT2D eigenvalue weighted by Gasteiger charge is 2.24. The van der Waals surface area contributed by atoms with Crippen LogP contribution in [0.1, 0.15) is 0 Å². The molecule has 0 radical (unpaired) electrons. The maximum Gasteiger partial charge on any atom is 0.212 e. The lowest BCUT2D eigenvalue weighted by Crippen LogP contribution is -2.17. The summed E-state index contributed by atoms with van der Waals surface area (Å²) in [6, 6.07) is 6.47. The second-order valence-corrected chi connectivity index (χ2v) is 7.05. The molecule has 1 aromatic heterocycles. The lowest BCUT2D eigenvalue weighted by atomic mass is 10.2. The van der Waals surface area contributed by atoms with E-state index in [-0.39, 0.29) is 20.8 Å². The Kier molecular flexibility index (Phi) is 3.69. The Morgan fingerprint density at radius 3 is 2.52 bits per heavy atom. The quantitative estimate of drug-likeness (QED) is 0.767. The predicted octanol–water partition coefficient (Wildman–Crippen LogP) is 3.29. The first-order valence-electron chi connectivity index (χ1n) is 6.32. The van der Waals surface area contributed by atoms with Crippen molar-refractivity contribution in [1.29, 1.82) is 0 Å². The summed E-state index contributed by atoms with van der Waals surface area (Å²) in [5.74, 6) is -1.50. The number of aromatic nitrogens is 1. The standard InChI is InChI=1S/C15H8ClF2NO3S/c16-10-4-5-11(18)14-13(10)15(20)12(7-19-14)23(21,22)9-3-1-2-8(17)6-9/h1-7H,(H,19,20). The van der Waals surface area contributed by atoms with Crippen LogP contribution in [0.2, 0.25) is 5.02 Å². The molecule has 118 valence electrons. The molecule has 0 spiro atoms. The number of hydrogen-bond acceptors (Lipinski definition) is 3. The van der Waals surface area contributed by atoms with Crippen LogP contribution in [0.15, 0.2) is 57.2 Å². The fourth-order valence-corrected chi connectivity index (χ4v) is 3.79. The monoisotopic (exact) mass is 355 g/mol. The summed E-state index contributed by atoms with van der Waals surface area (Å²) >= 11 is 5.89. The maximum atomic E-state index is 13.7. The summed E-state index contributed by atoms with van der Waals surface area (Å²) in [6.45, 7) is 0. The summed E-state index contributed by atoms with van der Waals surface area (Å²) in [5, 5.41) is -0.358. The van der Waals surface area contributed by atoms with Gasteiger partial charge in [-0.2, -0.15) is 0 Å². The number of pyridine rings is 1. The van der Waals surface area contributed by atoms with E-state index < -0.39 is 31.8 Å². The Morgan fingerprint density at radius 1 is 1.09 bits per heavy atom. The summed E-state index contributed by atoms with van der Waals surface area (Å²) < 4.78 is 52.0. The molecule has 0 saturated carbocycles. The summed E-state index contributed by atoms with van der Waals surface area (Å²) in [7, 11) is -4.28. The van der Waals surface area contributed by atoms with Crippen LogP contribution in [-0.4, -0.2) is 13.4 Å². The molecule has 4 nitrogen and oxygen atoms in total. The summed E-state index contributed by atoms with van der Waals surface area (Å²) in [4.78, 5) is 13.9. The van der Waals surface area contributed by atoms with Gasteiger partial charge < -0.3 is 4.98 Å². The Labute approximate surface area is 134 Å². The first-order valence-corrected chi connectivity index (χ1v) is 8.18. The summed E-state index contributed by atoms with van der Waals surface area (Å²) in [6.07, 6.45) is 0.879. The van der Waals surface area contributed by atoms with Gasteiger partial charge in [0.25, 0.3) is 0 Å². The molecule has 0 aliphatic carbocycles. The van der Waals surface area contributed by atoms with Crippen molar-refractivity contribution in [3.8, 4) is 0 Å². The average molecular weight is 356 g/mol. The van der Waals surface area contributed by atoms with Gasteiger partial charge in [0.05, 0.1) is 20.8 Å². The number of hydrogen-bond donors (Lipinski definition) is 1. The van der Waals surface area contributed by atoms with Crippen LogP contribution >= 0.6 is 11.6 Å². The van der Waals surface area contributed by atoms with Gasteiger partial charge in [-0.15, -0.1) is 0 Å². The van der Waals surface area contributed by atoms with Gasteiger partial charge in [-0.25, -0.2) is 17.2 Å². The van der Waals surface area contributed by atoms with E-state index in [1.807, 2.05) is 0 Å². The number of sulfone groups is 1. The van der Waals surface area contributed by atoms with Crippen LogP contribution < -0.4 is 5.43 Å². The van der Waals surface area contributed by atoms with E-state index in [0.717, 1.165) is 36.5 Å². The second kappa shape index (κ2) is 5.43. The van der Waals surface area contributed by atoms with E-state index in [0.29, 0.717) is 0 Å². The van der Waals surface area contributed by atoms with Gasteiger partial charge >= 0.3 is 0 Å². The smallest absolute Gasteiger partial charge is 0.212 e. The lowest BCUT2D eigenvalue weighted by Gasteiger charge is -2.07. The third-order valence-electron chi connectivity index (χ3n) is 3.30. The molecule has 1 heterocycles. The van der Waals surface area contributed by atoms with Gasteiger partial charge in [-0.05, 0) is 30.3 Å². The lowest BCUT2D eigenvalue weighted by molar-refractivity contribution is 0.590. The van der Waals surface area contributed by atoms with Crippen molar-refractivity contribution < 1.29 is 17.2 Å². The van der Waals surface area contributed by atoms with Crippen molar-refractivity contribution in [3.63, 3.8) is 0 Å². The normalized spacial score (nSPS) is 11.8. The Balaban J connectivity index is 2.36. The molecule has 0 aliphatic heterocycles. The third-order valence-corrected chi connectivity index (χ3v) is 5.37. The molecule has 0 saturated heterocycles. The number of rotatable bonds is 2. The molecular formula is C15H8ClF2NO3S. The van der Waals surface area contributed by atoms with E-state index >= 15 is 0 Å². The fourth-order valence-electron chi connectivity index (χ4n) is 2.20. The zero-order valence-electron chi connectivity index (χ0n) is 11.3. The molecule has 3 aromatic rings. The van der Waals surface area contributed by atoms with Crippen LogP contribution in [-0.2, 0) is 9.84 Å². The van der Waals surface area contributed by atoms with Gasteiger partial charge in [0.15, 0.2) is 0 Å². The molecule has 1 N–H and O–H groups in total. The van der Waals surface area contributed by atoms with Gasteiger partial charge in [0.2, 0.25) is 15.3 Å². The third kappa shape index (κ3) is 2.51. The van der Waals surface area contributed by atoms with Gasteiger partial charge in [-0.3, -0.25) is 4.79 Å². The van der Waals surface area contributed by atoms with Crippen molar-refractivity contribution in [2.75, 3.05) is 0 Å². The average Bonchev–Trinajstić information content (AvgIpc) is 2.50. The van der Waals surface area contributed by atoms with Crippen LogP contribution in [0.3, 0.4) is 0 Å². The number of aromatic amines is 1. The highest BCUT2D eigenvalue weighted by atomic mass is 35.5. The van der Waals surface area contributed by atoms with E-state index in [9.17, 15) is 22.0 Å². The molecule has 23 heavy (non-hydrogen) atoms.